The fourth-order valence-corrected chi connectivity index (χ4v) is 6.81. The molecule has 3 aromatic rings. The number of hydrogen-bond donors (Lipinski definition) is 0. The van der Waals surface area contributed by atoms with Crippen LogP contribution >= 0.6 is 11.6 Å². The summed E-state index contributed by atoms with van der Waals surface area (Å²) in [5.74, 6) is 2.18. The fourth-order valence-electron chi connectivity index (χ4n) is 5.49. The first-order chi connectivity index (χ1) is 20.5. The number of carbonyl (C=O) groups is 1. The second-order valence-electron chi connectivity index (χ2n) is 11.9. The van der Waals surface area contributed by atoms with Crippen LogP contribution in [0.5, 0.6) is 0 Å². The van der Waals surface area contributed by atoms with Crippen molar-refractivity contribution in [1.29, 1.82) is 0 Å². The standard InChI is InChI=1S/C31H33ClFN5O5S/c1-18-14-22(15-19(2)28(18)33)38-29(27-20(3)35(11-10-24(27)34-38)30(40)43-31(4,5)6)37-13-12-36(26(37)17-39)21-8-9-25(23(32)16-21)44(7,41)42/h8-9,12-16,20H,10-11H2,1-7H3/t20-/m0/s1. The molecule has 0 fully saturated rings. The van der Waals surface area contributed by atoms with Crippen LogP contribution in [0.2, 0.25) is 5.02 Å². The van der Waals surface area contributed by atoms with Crippen LogP contribution < -0.4 is 9.80 Å². The second-order valence-corrected chi connectivity index (χ2v) is 14.3. The lowest BCUT2D eigenvalue weighted by molar-refractivity contribution is 0.0160. The summed E-state index contributed by atoms with van der Waals surface area (Å²) in [6, 6.07) is 7.22. The summed E-state index contributed by atoms with van der Waals surface area (Å²) in [5.41, 5.74) is 2.54. The quantitative estimate of drug-likeness (QED) is 0.319. The monoisotopic (exact) mass is 641 g/mol. The number of sulfone groups is 1. The molecule has 0 aliphatic carbocycles. The lowest BCUT2D eigenvalue weighted by Crippen LogP contribution is -2.42. The Kier molecular flexibility index (Phi) is 7.90. The molecule has 1 atom stereocenters. The Hall–Kier alpha value is -4.12. The maximum Gasteiger partial charge on any atom is 0.410 e. The first-order valence-corrected chi connectivity index (χ1v) is 16.2. The van der Waals surface area contributed by atoms with Crippen molar-refractivity contribution in [2.75, 3.05) is 22.6 Å². The Morgan fingerprint density at radius 1 is 1.09 bits per heavy atom. The molecular formula is C31H33ClFN5O5S. The van der Waals surface area contributed by atoms with Crippen LogP contribution in [0.25, 0.3) is 5.69 Å². The summed E-state index contributed by atoms with van der Waals surface area (Å²) in [7, 11) is -3.57. The topological polar surface area (TPSA) is 105 Å². The minimum absolute atomic E-state index is 0.00315. The van der Waals surface area contributed by atoms with Crippen LogP contribution in [0.3, 0.4) is 0 Å². The van der Waals surface area contributed by atoms with E-state index < -0.39 is 27.6 Å². The zero-order valence-corrected chi connectivity index (χ0v) is 27.0. The second kappa shape index (κ2) is 11.1. The average molecular weight is 642 g/mol. The van der Waals surface area contributed by atoms with Gasteiger partial charge in [0.25, 0.3) is 0 Å². The summed E-state index contributed by atoms with van der Waals surface area (Å²) in [5, 5.41) is 4.91. The normalized spacial score (nSPS) is 16.8. The van der Waals surface area contributed by atoms with Crippen LogP contribution in [0, 0.1) is 19.7 Å². The number of ether oxygens (including phenoxy) is 1. The van der Waals surface area contributed by atoms with E-state index in [1.165, 1.54) is 17.0 Å². The van der Waals surface area contributed by atoms with Gasteiger partial charge in [0.15, 0.2) is 15.8 Å². The van der Waals surface area contributed by atoms with E-state index in [4.69, 9.17) is 21.4 Å². The van der Waals surface area contributed by atoms with Gasteiger partial charge in [-0.2, -0.15) is 5.10 Å². The molecular weight excluding hydrogens is 609 g/mol. The highest BCUT2D eigenvalue weighted by molar-refractivity contribution is 7.90. The maximum absolute atomic E-state index is 14.7. The van der Waals surface area contributed by atoms with Crippen molar-refractivity contribution >= 4 is 45.0 Å². The van der Waals surface area contributed by atoms with E-state index in [2.05, 4.69) is 0 Å². The van der Waals surface area contributed by atoms with Gasteiger partial charge in [-0.15, -0.1) is 0 Å². The molecule has 0 N–H and O–H groups in total. The van der Waals surface area contributed by atoms with E-state index in [0.717, 1.165) is 6.26 Å². The van der Waals surface area contributed by atoms with Crippen molar-refractivity contribution < 1.29 is 27.1 Å². The Morgan fingerprint density at radius 2 is 1.73 bits per heavy atom. The molecule has 5 rings (SSSR count). The van der Waals surface area contributed by atoms with Gasteiger partial charge < -0.3 is 9.64 Å². The summed E-state index contributed by atoms with van der Waals surface area (Å²) in [6.07, 6.45) is 4.27. The van der Waals surface area contributed by atoms with E-state index in [1.54, 1.807) is 79.7 Å². The molecule has 44 heavy (non-hydrogen) atoms. The van der Waals surface area contributed by atoms with Crippen LogP contribution in [-0.4, -0.2) is 53.5 Å². The highest BCUT2D eigenvalue weighted by Gasteiger charge is 2.39. The zero-order valence-electron chi connectivity index (χ0n) is 25.5. The molecule has 2 aromatic carbocycles. The summed E-state index contributed by atoms with van der Waals surface area (Å²) >= 11 is 6.33. The number of halogens is 2. The van der Waals surface area contributed by atoms with Crippen molar-refractivity contribution in [2.45, 2.75) is 64.5 Å². The molecule has 232 valence electrons. The largest absolute Gasteiger partial charge is 0.444 e. The smallest absolute Gasteiger partial charge is 0.410 e. The van der Waals surface area contributed by atoms with Gasteiger partial charge in [0.05, 0.1) is 27.3 Å². The highest BCUT2D eigenvalue weighted by atomic mass is 35.5. The number of rotatable bonds is 4. The molecule has 1 aromatic heterocycles. The number of aromatic nitrogens is 2. The number of benzene rings is 2. The molecule has 0 saturated heterocycles. The lowest BCUT2D eigenvalue weighted by atomic mass is 9.99. The predicted molar refractivity (Wildman–Crippen MR) is 166 cm³/mol. The van der Waals surface area contributed by atoms with Gasteiger partial charge in [0.2, 0.25) is 5.82 Å². The van der Waals surface area contributed by atoms with Gasteiger partial charge >= 0.3 is 6.09 Å². The molecule has 3 heterocycles. The number of hydrogen-bond acceptors (Lipinski definition) is 8. The van der Waals surface area contributed by atoms with E-state index in [-0.39, 0.29) is 21.6 Å². The maximum atomic E-state index is 14.7. The number of aryl methyl sites for hydroxylation is 2. The van der Waals surface area contributed by atoms with Crippen molar-refractivity contribution in [3.8, 4) is 5.69 Å². The van der Waals surface area contributed by atoms with Crippen LogP contribution in [0.15, 0.2) is 53.4 Å². The molecule has 0 saturated carbocycles. The molecule has 13 heteroatoms. The van der Waals surface area contributed by atoms with Crippen molar-refractivity contribution in [3.63, 3.8) is 0 Å². The van der Waals surface area contributed by atoms with Crippen LogP contribution in [-0.2, 0) is 25.8 Å². The van der Waals surface area contributed by atoms with Gasteiger partial charge in [-0.05, 0) is 83.0 Å². The van der Waals surface area contributed by atoms with Crippen molar-refractivity contribution in [2.24, 2.45) is 0 Å². The molecule has 2 aliphatic rings. The number of fused-ring (bicyclic) bond motifs is 1. The average Bonchev–Trinajstić information content (AvgIpc) is 3.51. The Labute approximate surface area is 260 Å². The third kappa shape index (κ3) is 5.60. The van der Waals surface area contributed by atoms with Crippen LogP contribution in [0.1, 0.15) is 56.1 Å². The van der Waals surface area contributed by atoms with Gasteiger partial charge in [-0.25, -0.2) is 27.1 Å². The lowest BCUT2D eigenvalue weighted by Gasteiger charge is -2.35. The minimum atomic E-state index is -3.57. The molecule has 10 nitrogen and oxygen atoms in total. The number of anilines is 2. The molecule has 0 bridgehead atoms. The van der Waals surface area contributed by atoms with Crippen molar-refractivity contribution in [1.82, 2.24) is 14.7 Å². The zero-order chi connectivity index (χ0) is 32.3. The third-order valence-electron chi connectivity index (χ3n) is 7.48. The predicted octanol–water partition coefficient (Wildman–Crippen LogP) is 6.01. The number of carbonyl (C=O) groups excluding carboxylic acids is 2. The summed E-state index contributed by atoms with van der Waals surface area (Å²) < 4.78 is 46.2. The third-order valence-corrected chi connectivity index (χ3v) is 9.06. The van der Waals surface area contributed by atoms with E-state index in [9.17, 15) is 22.4 Å². The Balaban J connectivity index is 1.65. The van der Waals surface area contributed by atoms with E-state index in [0.29, 0.717) is 52.5 Å². The SMILES string of the molecule is Cc1cc(-n2nc3c(c2N2C=CN(c4ccc(S(C)(=O)=O)c(Cl)c4)C2=C=O)[C@H](C)N(C(=O)OC(C)(C)C)CC3)cc(C)c1F. The van der Waals surface area contributed by atoms with Crippen molar-refractivity contribution in [3.05, 3.63) is 81.8 Å². The molecule has 0 spiro atoms. The number of amides is 1. The first kappa shape index (κ1) is 31.3. The van der Waals surface area contributed by atoms with Gasteiger partial charge in [0, 0.05) is 42.9 Å². The Bertz CT molecular complexity index is 1850. The molecule has 0 radical (unpaired) electrons. The van der Waals surface area contributed by atoms with Crippen LogP contribution in [0.4, 0.5) is 20.7 Å². The molecule has 0 unspecified atom stereocenters. The van der Waals surface area contributed by atoms with Gasteiger partial charge in [-0.3, -0.25) is 9.80 Å². The summed E-state index contributed by atoms with van der Waals surface area (Å²) in [4.78, 5) is 30.5. The van der Waals surface area contributed by atoms with Gasteiger partial charge in [0.1, 0.15) is 17.2 Å². The first-order valence-electron chi connectivity index (χ1n) is 13.9. The molecule has 1 amide bonds. The molecule has 2 aliphatic heterocycles. The summed E-state index contributed by atoms with van der Waals surface area (Å²) in [6.45, 7) is 11.0. The fraction of sp³-hybridized carbons (Fsp3) is 0.355. The minimum Gasteiger partial charge on any atom is -0.444 e. The number of nitrogens with zero attached hydrogens (tertiary/aromatic N) is 5. The Morgan fingerprint density at radius 3 is 2.30 bits per heavy atom. The van der Waals surface area contributed by atoms with E-state index in [1.807, 2.05) is 12.9 Å². The highest BCUT2D eigenvalue weighted by Crippen LogP contribution is 2.43. The van der Waals surface area contributed by atoms with Gasteiger partial charge in [-0.1, -0.05) is 11.6 Å². The van der Waals surface area contributed by atoms with E-state index >= 15 is 0 Å².